The highest BCUT2D eigenvalue weighted by Gasteiger charge is 2.09. The molecule has 0 fully saturated rings. The summed E-state index contributed by atoms with van der Waals surface area (Å²) < 4.78 is 5.39. The molecule has 1 aliphatic heterocycles. The van der Waals surface area contributed by atoms with Crippen molar-refractivity contribution in [1.29, 1.82) is 0 Å². The zero-order valence-electron chi connectivity index (χ0n) is 7.34. The van der Waals surface area contributed by atoms with Crippen LogP contribution in [0.5, 0.6) is 0 Å². The van der Waals surface area contributed by atoms with Gasteiger partial charge in [0.1, 0.15) is 6.10 Å². The molecule has 0 aliphatic carbocycles. The third-order valence-corrected chi connectivity index (χ3v) is 1.78. The molecule has 1 rings (SSSR count). The Morgan fingerprint density at radius 2 is 2.45 bits per heavy atom. The molecule has 0 saturated carbocycles. The van der Waals surface area contributed by atoms with Crippen molar-refractivity contribution in [2.24, 2.45) is 0 Å². The first-order chi connectivity index (χ1) is 5.29. The largest absolute Gasteiger partial charge is 0.497 e. The van der Waals surface area contributed by atoms with Crippen LogP contribution in [-0.2, 0) is 4.74 Å². The molecular weight excluding hydrogens is 138 g/mol. The van der Waals surface area contributed by atoms with Gasteiger partial charge < -0.3 is 10.1 Å². The molecule has 64 valence electrons. The summed E-state index contributed by atoms with van der Waals surface area (Å²) in [4.78, 5) is 0. The van der Waals surface area contributed by atoms with Crippen LogP contribution >= 0.6 is 0 Å². The summed E-state index contributed by atoms with van der Waals surface area (Å²) in [6.45, 7) is 5.28. The topological polar surface area (TPSA) is 21.3 Å². The lowest BCUT2D eigenvalue weighted by Gasteiger charge is -2.20. The van der Waals surface area contributed by atoms with Crippen LogP contribution in [0.4, 0.5) is 0 Å². The average molecular weight is 155 g/mol. The van der Waals surface area contributed by atoms with Crippen molar-refractivity contribution in [3.63, 3.8) is 0 Å². The van der Waals surface area contributed by atoms with E-state index in [1.165, 1.54) is 0 Å². The number of ether oxygens (including phenoxy) is 1. The van der Waals surface area contributed by atoms with Crippen molar-refractivity contribution < 1.29 is 4.74 Å². The third kappa shape index (κ3) is 3.42. The fourth-order valence-electron chi connectivity index (χ4n) is 1.10. The van der Waals surface area contributed by atoms with Crippen LogP contribution in [-0.4, -0.2) is 18.7 Å². The Morgan fingerprint density at radius 1 is 1.64 bits per heavy atom. The zero-order valence-corrected chi connectivity index (χ0v) is 7.34. The van der Waals surface area contributed by atoms with Gasteiger partial charge in [-0.25, -0.2) is 0 Å². The van der Waals surface area contributed by atoms with Gasteiger partial charge in [-0.1, -0.05) is 13.8 Å². The summed E-state index contributed by atoms with van der Waals surface area (Å²) >= 11 is 0. The number of nitrogens with one attached hydrogen (secondary N) is 1. The highest BCUT2D eigenvalue weighted by atomic mass is 16.5. The Morgan fingerprint density at radius 3 is 3.00 bits per heavy atom. The number of rotatable bonds is 3. The van der Waals surface area contributed by atoms with Crippen LogP contribution in [0.3, 0.4) is 0 Å². The predicted octanol–water partition coefficient (Wildman–Crippen LogP) is 1.68. The van der Waals surface area contributed by atoms with Crippen molar-refractivity contribution >= 4 is 0 Å². The minimum Gasteiger partial charge on any atom is -0.497 e. The number of hydrogen-bond acceptors (Lipinski definition) is 2. The maximum absolute atomic E-state index is 5.39. The van der Waals surface area contributed by atoms with E-state index in [1.807, 2.05) is 6.26 Å². The second kappa shape index (κ2) is 4.39. The molecule has 1 atom stereocenters. The second-order valence-corrected chi connectivity index (χ2v) is 3.27. The maximum Gasteiger partial charge on any atom is 0.110 e. The Hall–Kier alpha value is -0.500. The quantitative estimate of drug-likeness (QED) is 0.669. The fourth-order valence-corrected chi connectivity index (χ4v) is 1.10. The average Bonchev–Trinajstić information content (AvgIpc) is 2.03. The van der Waals surface area contributed by atoms with Gasteiger partial charge in [-0.05, 0) is 18.9 Å². The Balaban J connectivity index is 2.11. The van der Waals surface area contributed by atoms with Gasteiger partial charge >= 0.3 is 0 Å². The van der Waals surface area contributed by atoms with E-state index >= 15 is 0 Å². The minimum atomic E-state index is 0.391. The van der Waals surface area contributed by atoms with Crippen LogP contribution in [0.2, 0.25) is 0 Å². The maximum atomic E-state index is 5.39. The Kier molecular flexibility index (Phi) is 3.43. The summed E-state index contributed by atoms with van der Waals surface area (Å²) in [6, 6.07) is 0.560. The summed E-state index contributed by atoms with van der Waals surface area (Å²) in [6.07, 6.45) is 6.59. The lowest BCUT2D eigenvalue weighted by Crippen LogP contribution is -2.33. The van der Waals surface area contributed by atoms with E-state index in [1.54, 1.807) is 0 Å². The van der Waals surface area contributed by atoms with Crippen LogP contribution < -0.4 is 5.32 Å². The van der Waals surface area contributed by atoms with E-state index in [0.717, 1.165) is 19.4 Å². The first kappa shape index (κ1) is 8.60. The Bertz CT molecular complexity index is 132. The molecule has 1 heterocycles. The van der Waals surface area contributed by atoms with E-state index in [9.17, 15) is 0 Å². The molecule has 0 radical (unpaired) electrons. The molecule has 0 bridgehead atoms. The molecule has 0 amide bonds. The second-order valence-electron chi connectivity index (χ2n) is 3.27. The van der Waals surface area contributed by atoms with Gasteiger partial charge in [0.05, 0.1) is 6.26 Å². The SMILES string of the molecule is CC(C)NCC1CCC=CO1. The van der Waals surface area contributed by atoms with Gasteiger partial charge in [-0.15, -0.1) is 0 Å². The van der Waals surface area contributed by atoms with Crippen molar-refractivity contribution in [2.75, 3.05) is 6.54 Å². The van der Waals surface area contributed by atoms with Crippen molar-refractivity contribution in [3.8, 4) is 0 Å². The highest BCUT2D eigenvalue weighted by molar-refractivity contribution is 4.83. The molecule has 2 nitrogen and oxygen atoms in total. The number of hydrogen-bond donors (Lipinski definition) is 1. The monoisotopic (exact) mass is 155 g/mol. The molecule has 1 aliphatic rings. The smallest absolute Gasteiger partial charge is 0.110 e. The van der Waals surface area contributed by atoms with Crippen LogP contribution in [0.25, 0.3) is 0 Å². The third-order valence-electron chi connectivity index (χ3n) is 1.78. The normalized spacial score (nSPS) is 23.7. The summed E-state index contributed by atoms with van der Waals surface area (Å²) in [5.74, 6) is 0. The minimum absolute atomic E-state index is 0.391. The molecular formula is C9H17NO. The van der Waals surface area contributed by atoms with Gasteiger partial charge in [0.2, 0.25) is 0 Å². The lowest BCUT2D eigenvalue weighted by molar-refractivity contribution is 0.120. The first-order valence-corrected chi connectivity index (χ1v) is 4.33. The molecule has 0 aromatic carbocycles. The van der Waals surface area contributed by atoms with E-state index < -0.39 is 0 Å². The highest BCUT2D eigenvalue weighted by Crippen LogP contribution is 2.08. The molecule has 1 N–H and O–H groups in total. The van der Waals surface area contributed by atoms with Crippen LogP contribution in [0.15, 0.2) is 12.3 Å². The van der Waals surface area contributed by atoms with E-state index in [2.05, 4.69) is 25.2 Å². The summed E-state index contributed by atoms with van der Waals surface area (Å²) in [7, 11) is 0. The molecule has 0 saturated heterocycles. The van der Waals surface area contributed by atoms with Crippen molar-refractivity contribution in [1.82, 2.24) is 5.32 Å². The first-order valence-electron chi connectivity index (χ1n) is 4.33. The van der Waals surface area contributed by atoms with E-state index in [-0.39, 0.29) is 0 Å². The standard InChI is InChI=1S/C9H17NO/c1-8(2)10-7-9-5-3-4-6-11-9/h4,6,8-10H,3,5,7H2,1-2H3. The van der Waals surface area contributed by atoms with Crippen molar-refractivity contribution in [2.45, 2.75) is 38.8 Å². The summed E-state index contributed by atoms with van der Waals surface area (Å²) in [5, 5.41) is 3.36. The van der Waals surface area contributed by atoms with Crippen LogP contribution in [0, 0.1) is 0 Å². The zero-order chi connectivity index (χ0) is 8.10. The molecule has 0 aromatic heterocycles. The van der Waals surface area contributed by atoms with E-state index in [4.69, 9.17) is 4.74 Å². The Labute approximate surface area is 68.6 Å². The van der Waals surface area contributed by atoms with Gasteiger partial charge in [-0.2, -0.15) is 0 Å². The molecule has 0 spiro atoms. The predicted molar refractivity (Wildman–Crippen MR) is 46.4 cm³/mol. The van der Waals surface area contributed by atoms with Crippen molar-refractivity contribution in [3.05, 3.63) is 12.3 Å². The lowest BCUT2D eigenvalue weighted by atomic mass is 10.1. The molecule has 11 heavy (non-hydrogen) atoms. The van der Waals surface area contributed by atoms with Gasteiger partial charge in [-0.3, -0.25) is 0 Å². The van der Waals surface area contributed by atoms with E-state index in [0.29, 0.717) is 12.1 Å². The summed E-state index contributed by atoms with van der Waals surface area (Å²) in [5.41, 5.74) is 0. The fraction of sp³-hybridized carbons (Fsp3) is 0.778. The van der Waals surface area contributed by atoms with Gasteiger partial charge in [0, 0.05) is 12.6 Å². The van der Waals surface area contributed by atoms with Gasteiger partial charge in [0.15, 0.2) is 0 Å². The molecule has 2 heteroatoms. The molecule has 0 aromatic rings. The van der Waals surface area contributed by atoms with Crippen LogP contribution in [0.1, 0.15) is 26.7 Å². The van der Waals surface area contributed by atoms with Gasteiger partial charge in [0.25, 0.3) is 0 Å². The number of allylic oxidation sites excluding steroid dienone is 1. The molecule has 1 unspecified atom stereocenters.